The van der Waals surface area contributed by atoms with E-state index in [2.05, 4.69) is 10.4 Å². The van der Waals surface area contributed by atoms with E-state index in [4.69, 9.17) is 9.47 Å². The maximum Gasteiger partial charge on any atom is 0.307 e. The van der Waals surface area contributed by atoms with Gasteiger partial charge in [-0.1, -0.05) is 12.1 Å². The van der Waals surface area contributed by atoms with Crippen molar-refractivity contribution in [3.63, 3.8) is 0 Å². The SMILES string of the molecule is COC(=O)CC(NC(=O)CCc1c(C)nn(C)c1C)c1ccc(OC)cc1. The topological polar surface area (TPSA) is 82.5 Å². The lowest BCUT2D eigenvalue weighted by Crippen LogP contribution is -2.30. The third kappa shape index (κ3) is 5.32. The van der Waals surface area contributed by atoms with Crippen LogP contribution in [0, 0.1) is 13.8 Å². The van der Waals surface area contributed by atoms with E-state index in [1.165, 1.54) is 7.11 Å². The number of nitrogens with zero attached hydrogens (tertiary/aromatic N) is 2. The van der Waals surface area contributed by atoms with Gasteiger partial charge in [-0.05, 0) is 43.5 Å². The first-order valence-electron chi connectivity index (χ1n) is 8.85. The molecular weight excluding hydrogens is 346 g/mol. The third-order valence-electron chi connectivity index (χ3n) is 4.71. The van der Waals surface area contributed by atoms with Gasteiger partial charge >= 0.3 is 5.97 Å². The summed E-state index contributed by atoms with van der Waals surface area (Å²) in [5.74, 6) is 0.210. The molecule has 0 saturated carbocycles. The molecule has 1 N–H and O–H groups in total. The van der Waals surface area contributed by atoms with Crippen molar-refractivity contribution < 1.29 is 19.1 Å². The van der Waals surface area contributed by atoms with Crippen LogP contribution in [0.2, 0.25) is 0 Å². The van der Waals surface area contributed by atoms with Crippen molar-refractivity contribution in [2.45, 2.75) is 39.2 Å². The fraction of sp³-hybridized carbons (Fsp3) is 0.450. The number of nitrogens with one attached hydrogen (secondary N) is 1. The Kier molecular flexibility index (Phi) is 6.98. The van der Waals surface area contributed by atoms with Crippen LogP contribution < -0.4 is 10.1 Å². The summed E-state index contributed by atoms with van der Waals surface area (Å²) < 4.78 is 11.7. The average molecular weight is 373 g/mol. The molecule has 0 saturated heterocycles. The third-order valence-corrected chi connectivity index (χ3v) is 4.71. The minimum Gasteiger partial charge on any atom is -0.497 e. The summed E-state index contributed by atoms with van der Waals surface area (Å²) >= 11 is 0. The lowest BCUT2D eigenvalue weighted by molar-refractivity contribution is -0.141. The van der Waals surface area contributed by atoms with Crippen molar-refractivity contribution >= 4 is 11.9 Å². The van der Waals surface area contributed by atoms with Crippen LogP contribution in [0.4, 0.5) is 0 Å². The van der Waals surface area contributed by atoms with Crippen LogP contribution in [-0.2, 0) is 27.8 Å². The smallest absolute Gasteiger partial charge is 0.307 e. The molecule has 0 bridgehead atoms. The molecule has 1 heterocycles. The van der Waals surface area contributed by atoms with Crippen molar-refractivity contribution in [3.05, 3.63) is 46.8 Å². The Labute approximate surface area is 159 Å². The van der Waals surface area contributed by atoms with Crippen LogP contribution >= 0.6 is 0 Å². The highest BCUT2D eigenvalue weighted by Crippen LogP contribution is 2.21. The second kappa shape index (κ2) is 9.21. The molecule has 146 valence electrons. The zero-order valence-corrected chi connectivity index (χ0v) is 16.5. The molecule has 0 aliphatic heterocycles. The fourth-order valence-corrected chi connectivity index (χ4v) is 3.02. The van der Waals surface area contributed by atoms with E-state index >= 15 is 0 Å². The molecule has 0 radical (unpaired) electrons. The normalized spacial score (nSPS) is 11.7. The highest BCUT2D eigenvalue weighted by Gasteiger charge is 2.20. The molecular formula is C20H27N3O4. The second-order valence-corrected chi connectivity index (χ2v) is 6.45. The molecule has 1 amide bonds. The van der Waals surface area contributed by atoms with Crippen LogP contribution in [0.1, 0.15) is 41.4 Å². The molecule has 0 aliphatic carbocycles. The van der Waals surface area contributed by atoms with E-state index in [9.17, 15) is 9.59 Å². The van der Waals surface area contributed by atoms with E-state index in [1.807, 2.05) is 37.7 Å². The van der Waals surface area contributed by atoms with Gasteiger partial charge in [0.2, 0.25) is 5.91 Å². The van der Waals surface area contributed by atoms with Crippen LogP contribution in [0.5, 0.6) is 5.75 Å². The van der Waals surface area contributed by atoms with Crippen molar-refractivity contribution in [2.75, 3.05) is 14.2 Å². The number of carbonyl (C=O) groups is 2. The lowest BCUT2D eigenvalue weighted by atomic mass is 10.0. The van der Waals surface area contributed by atoms with Crippen molar-refractivity contribution in [3.8, 4) is 5.75 Å². The minimum absolute atomic E-state index is 0.0690. The van der Waals surface area contributed by atoms with Crippen LogP contribution in [0.25, 0.3) is 0 Å². The summed E-state index contributed by atoms with van der Waals surface area (Å²) in [4.78, 5) is 24.3. The Balaban J connectivity index is 2.06. The van der Waals surface area contributed by atoms with E-state index in [0.717, 1.165) is 22.5 Å². The quantitative estimate of drug-likeness (QED) is 0.719. The van der Waals surface area contributed by atoms with E-state index in [-0.39, 0.29) is 18.3 Å². The molecule has 0 spiro atoms. The first-order valence-corrected chi connectivity index (χ1v) is 8.85. The summed E-state index contributed by atoms with van der Waals surface area (Å²) in [5.41, 5.74) is 3.90. The first-order chi connectivity index (χ1) is 12.8. The predicted octanol–water partition coefficient (Wildman–Crippen LogP) is 2.40. The molecule has 2 aromatic rings. The largest absolute Gasteiger partial charge is 0.497 e. The Morgan fingerprint density at radius 1 is 1.19 bits per heavy atom. The summed E-state index contributed by atoms with van der Waals surface area (Å²) in [7, 11) is 4.82. The standard InChI is InChI=1S/C20H27N3O4/c1-13-17(14(2)23(3)22-13)10-11-19(24)21-18(12-20(25)27-5)15-6-8-16(26-4)9-7-15/h6-9,18H,10-12H2,1-5H3,(H,21,24). The van der Waals surface area contributed by atoms with Crippen LogP contribution in [0.15, 0.2) is 24.3 Å². The summed E-state index contributed by atoms with van der Waals surface area (Å²) in [6.07, 6.45) is 0.992. The van der Waals surface area contributed by atoms with Gasteiger partial charge in [0.15, 0.2) is 0 Å². The van der Waals surface area contributed by atoms with Crippen LogP contribution in [-0.4, -0.2) is 35.9 Å². The number of hydrogen-bond acceptors (Lipinski definition) is 5. The molecule has 0 fully saturated rings. The monoisotopic (exact) mass is 373 g/mol. The van der Waals surface area contributed by atoms with Gasteiger partial charge in [0.05, 0.1) is 32.4 Å². The first kappa shape index (κ1) is 20.5. The van der Waals surface area contributed by atoms with Gasteiger partial charge < -0.3 is 14.8 Å². The molecule has 7 nitrogen and oxygen atoms in total. The maximum absolute atomic E-state index is 12.5. The predicted molar refractivity (Wildman–Crippen MR) is 102 cm³/mol. The number of aryl methyl sites for hydroxylation is 2. The zero-order valence-electron chi connectivity index (χ0n) is 16.5. The molecule has 1 aromatic heterocycles. The number of aromatic nitrogens is 2. The minimum atomic E-state index is -0.452. The van der Waals surface area contributed by atoms with Crippen LogP contribution in [0.3, 0.4) is 0 Å². The van der Waals surface area contributed by atoms with E-state index in [0.29, 0.717) is 18.6 Å². The van der Waals surface area contributed by atoms with Crippen molar-refractivity contribution in [1.29, 1.82) is 0 Å². The van der Waals surface area contributed by atoms with Crippen molar-refractivity contribution in [2.24, 2.45) is 7.05 Å². The lowest BCUT2D eigenvalue weighted by Gasteiger charge is -2.18. The number of amides is 1. The second-order valence-electron chi connectivity index (χ2n) is 6.45. The Hall–Kier alpha value is -2.83. The van der Waals surface area contributed by atoms with Gasteiger partial charge in [0.1, 0.15) is 5.75 Å². The van der Waals surface area contributed by atoms with E-state index < -0.39 is 6.04 Å². The fourth-order valence-electron chi connectivity index (χ4n) is 3.02. The maximum atomic E-state index is 12.5. The number of hydrogen-bond donors (Lipinski definition) is 1. The van der Waals surface area contributed by atoms with Gasteiger partial charge in [0.25, 0.3) is 0 Å². The van der Waals surface area contributed by atoms with Crippen molar-refractivity contribution in [1.82, 2.24) is 15.1 Å². The average Bonchev–Trinajstić information content (AvgIpc) is 2.91. The molecule has 27 heavy (non-hydrogen) atoms. The highest BCUT2D eigenvalue weighted by molar-refractivity contribution is 5.78. The van der Waals surface area contributed by atoms with Gasteiger partial charge in [-0.15, -0.1) is 0 Å². The number of carbonyl (C=O) groups excluding carboxylic acids is 2. The summed E-state index contributed by atoms with van der Waals surface area (Å²) in [6.45, 7) is 3.93. The number of methoxy groups -OCH3 is 2. The Bertz CT molecular complexity index is 796. The molecule has 1 atom stereocenters. The van der Waals surface area contributed by atoms with E-state index in [1.54, 1.807) is 19.2 Å². The van der Waals surface area contributed by atoms with Gasteiger partial charge in [-0.3, -0.25) is 14.3 Å². The zero-order chi connectivity index (χ0) is 20.0. The highest BCUT2D eigenvalue weighted by atomic mass is 16.5. The number of benzene rings is 1. The van der Waals surface area contributed by atoms with Gasteiger partial charge in [0, 0.05) is 19.2 Å². The number of esters is 1. The number of rotatable bonds is 8. The van der Waals surface area contributed by atoms with Gasteiger partial charge in [-0.25, -0.2) is 0 Å². The molecule has 2 rings (SSSR count). The molecule has 1 aromatic carbocycles. The molecule has 7 heteroatoms. The summed E-state index contributed by atoms with van der Waals surface area (Å²) in [5, 5.41) is 7.32. The Morgan fingerprint density at radius 2 is 1.85 bits per heavy atom. The molecule has 0 aliphatic rings. The molecule has 1 unspecified atom stereocenters. The summed E-state index contributed by atoms with van der Waals surface area (Å²) in [6, 6.07) is 6.82. The van der Waals surface area contributed by atoms with Gasteiger partial charge in [-0.2, -0.15) is 5.10 Å². The Morgan fingerprint density at radius 3 is 2.37 bits per heavy atom. The number of ether oxygens (including phenoxy) is 2.